The third-order valence-electron chi connectivity index (χ3n) is 3.49. The third-order valence-corrected chi connectivity index (χ3v) is 4.34. The van der Waals surface area contributed by atoms with E-state index in [2.05, 4.69) is 15.1 Å². The molecule has 0 bridgehead atoms. The SMILES string of the molecule is Cc1cccc2cc(-c3noc(-c4cccs4)n3)c(=O)[nH]c12. The van der Waals surface area contributed by atoms with Gasteiger partial charge in [0.15, 0.2) is 0 Å². The zero-order valence-electron chi connectivity index (χ0n) is 11.7. The number of hydrogen-bond acceptors (Lipinski definition) is 5. The number of rotatable bonds is 2. The molecular formula is C16H11N3O2S. The number of pyridine rings is 1. The quantitative estimate of drug-likeness (QED) is 0.614. The largest absolute Gasteiger partial charge is 0.333 e. The number of aromatic amines is 1. The van der Waals surface area contributed by atoms with Crippen LogP contribution in [-0.2, 0) is 0 Å². The van der Waals surface area contributed by atoms with Gasteiger partial charge in [-0.15, -0.1) is 11.3 Å². The number of H-pyrrole nitrogens is 1. The topological polar surface area (TPSA) is 71.8 Å². The molecule has 0 fully saturated rings. The molecule has 0 aliphatic carbocycles. The molecule has 6 heteroatoms. The molecule has 0 atom stereocenters. The van der Waals surface area contributed by atoms with Gasteiger partial charge in [-0.2, -0.15) is 4.98 Å². The Morgan fingerprint density at radius 2 is 2.14 bits per heavy atom. The predicted octanol–water partition coefficient (Wildman–Crippen LogP) is 3.62. The van der Waals surface area contributed by atoms with Crippen LogP contribution in [-0.4, -0.2) is 15.1 Å². The Balaban J connectivity index is 1.88. The van der Waals surface area contributed by atoms with E-state index in [0.29, 0.717) is 17.3 Å². The fourth-order valence-electron chi connectivity index (χ4n) is 2.38. The van der Waals surface area contributed by atoms with Crippen LogP contribution in [0.25, 0.3) is 33.1 Å². The minimum absolute atomic E-state index is 0.222. The fraction of sp³-hybridized carbons (Fsp3) is 0.0625. The number of nitrogens with zero attached hydrogens (tertiary/aromatic N) is 2. The van der Waals surface area contributed by atoms with Crippen molar-refractivity contribution in [1.82, 2.24) is 15.1 Å². The Labute approximate surface area is 129 Å². The smallest absolute Gasteiger partial charge is 0.268 e. The first-order valence-electron chi connectivity index (χ1n) is 6.73. The number of para-hydroxylation sites is 1. The first kappa shape index (κ1) is 13.0. The van der Waals surface area contributed by atoms with Crippen LogP contribution in [0.15, 0.2) is 51.1 Å². The lowest BCUT2D eigenvalue weighted by Crippen LogP contribution is -2.10. The second-order valence-corrected chi connectivity index (χ2v) is 5.90. The lowest BCUT2D eigenvalue weighted by Gasteiger charge is -2.02. The lowest BCUT2D eigenvalue weighted by atomic mass is 10.1. The Hall–Kier alpha value is -2.73. The number of nitrogens with one attached hydrogen (secondary N) is 1. The summed E-state index contributed by atoms with van der Waals surface area (Å²) >= 11 is 1.51. The van der Waals surface area contributed by atoms with Crippen LogP contribution >= 0.6 is 11.3 Å². The third kappa shape index (κ3) is 2.05. The first-order chi connectivity index (χ1) is 10.7. The number of fused-ring (bicyclic) bond motifs is 1. The van der Waals surface area contributed by atoms with E-state index in [9.17, 15) is 4.79 Å². The summed E-state index contributed by atoms with van der Waals surface area (Å²) in [6, 6.07) is 11.5. The molecule has 1 aromatic carbocycles. The number of hydrogen-bond donors (Lipinski definition) is 1. The van der Waals surface area contributed by atoms with Crippen LogP contribution in [0.1, 0.15) is 5.56 Å². The second-order valence-electron chi connectivity index (χ2n) is 4.95. The normalized spacial score (nSPS) is 11.1. The van der Waals surface area contributed by atoms with Gasteiger partial charge in [0.1, 0.15) is 0 Å². The van der Waals surface area contributed by atoms with Gasteiger partial charge in [0.2, 0.25) is 5.82 Å². The summed E-state index contributed by atoms with van der Waals surface area (Å²) in [6.07, 6.45) is 0. The van der Waals surface area contributed by atoms with Crippen molar-refractivity contribution < 1.29 is 4.52 Å². The summed E-state index contributed by atoms with van der Waals surface area (Å²) in [6.45, 7) is 1.96. The molecule has 5 nitrogen and oxygen atoms in total. The van der Waals surface area contributed by atoms with Crippen LogP contribution in [0.5, 0.6) is 0 Å². The summed E-state index contributed by atoms with van der Waals surface area (Å²) in [5.41, 5.74) is 2.04. The minimum Gasteiger partial charge on any atom is -0.333 e. The van der Waals surface area contributed by atoms with E-state index < -0.39 is 0 Å². The molecule has 0 spiro atoms. The number of aryl methyl sites for hydroxylation is 1. The molecular weight excluding hydrogens is 298 g/mol. The summed E-state index contributed by atoms with van der Waals surface area (Å²) < 4.78 is 5.25. The van der Waals surface area contributed by atoms with Crippen molar-refractivity contribution in [3.05, 3.63) is 57.7 Å². The van der Waals surface area contributed by atoms with E-state index >= 15 is 0 Å². The van der Waals surface area contributed by atoms with Crippen molar-refractivity contribution in [2.45, 2.75) is 6.92 Å². The van der Waals surface area contributed by atoms with E-state index in [4.69, 9.17) is 4.52 Å². The Bertz CT molecular complexity index is 1020. The molecule has 0 unspecified atom stereocenters. The Morgan fingerprint density at radius 1 is 1.23 bits per heavy atom. The Kier molecular flexibility index (Phi) is 2.90. The van der Waals surface area contributed by atoms with Crippen molar-refractivity contribution in [3.63, 3.8) is 0 Å². The summed E-state index contributed by atoms with van der Waals surface area (Å²) in [4.78, 5) is 20.4. The Morgan fingerprint density at radius 3 is 2.95 bits per heavy atom. The average Bonchev–Trinajstić information content (AvgIpc) is 3.18. The van der Waals surface area contributed by atoms with Crippen LogP contribution in [0.3, 0.4) is 0 Å². The number of thiophene rings is 1. The maximum absolute atomic E-state index is 12.3. The van der Waals surface area contributed by atoms with E-state index in [1.165, 1.54) is 11.3 Å². The zero-order chi connectivity index (χ0) is 15.1. The van der Waals surface area contributed by atoms with Crippen LogP contribution in [0.4, 0.5) is 0 Å². The zero-order valence-corrected chi connectivity index (χ0v) is 12.5. The van der Waals surface area contributed by atoms with Gasteiger partial charge in [-0.05, 0) is 35.4 Å². The van der Waals surface area contributed by atoms with Gasteiger partial charge < -0.3 is 9.51 Å². The van der Waals surface area contributed by atoms with Crippen LogP contribution in [0, 0.1) is 6.92 Å². The van der Waals surface area contributed by atoms with Crippen molar-refractivity contribution in [3.8, 4) is 22.2 Å². The van der Waals surface area contributed by atoms with Gasteiger partial charge in [-0.1, -0.05) is 29.4 Å². The average molecular weight is 309 g/mol. The molecule has 4 rings (SSSR count). The standard InChI is InChI=1S/C16H11N3O2S/c1-9-4-2-5-10-8-11(15(20)17-13(9)10)14-18-16(21-19-14)12-6-3-7-22-12/h2-8H,1H3,(H,17,20). The van der Waals surface area contributed by atoms with Crippen molar-refractivity contribution >= 4 is 22.2 Å². The van der Waals surface area contributed by atoms with Gasteiger partial charge in [-0.3, -0.25) is 4.79 Å². The van der Waals surface area contributed by atoms with E-state index in [1.54, 1.807) is 6.07 Å². The molecule has 0 amide bonds. The van der Waals surface area contributed by atoms with Crippen molar-refractivity contribution in [2.24, 2.45) is 0 Å². The molecule has 0 saturated carbocycles. The molecule has 108 valence electrons. The van der Waals surface area contributed by atoms with Gasteiger partial charge in [0, 0.05) is 0 Å². The minimum atomic E-state index is -0.222. The lowest BCUT2D eigenvalue weighted by molar-refractivity contribution is 0.433. The number of aromatic nitrogens is 3. The molecule has 1 N–H and O–H groups in total. The van der Waals surface area contributed by atoms with Gasteiger partial charge in [0.05, 0.1) is 16.0 Å². The van der Waals surface area contributed by atoms with Gasteiger partial charge in [0.25, 0.3) is 11.4 Å². The van der Waals surface area contributed by atoms with Gasteiger partial charge in [-0.25, -0.2) is 0 Å². The molecule has 3 heterocycles. The molecule has 3 aromatic heterocycles. The highest BCUT2D eigenvalue weighted by Crippen LogP contribution is 2.25. The van der Waals surface area contributed by atoms with E-state index in [1.807, 2.05) is 42.6 Å². The van der Waals surface area contributed by atoms with Crippen LogP contribution < -0.4 is 5.56 Å². The summed E-state index contributed by atoms with van der Waals surface area (Å²) in [5.74, 6) is 0.724. The summed E-state index contributed by atoms with van der Waals surface area (Å²) in [5, 5.41) is 6.81. The summed E-state index contributed by atoms with van der Waals surface area (Å²) in [7, 11) is 0. The van der Waals surface area contributed by atoms with E-state index in [0.717, 1.165) is 21.3 Å². The van der Waals surface area contributed by atoms with Crippen molar-refractivity contribution in [2.75, 3.05) is 0 Å². The first-order valence-corrected chi connectivity index (χ1v) is 7.61. The predicted molar refractivity (Wildman–Crippen MR) is 85.9 cm³/mol. The molecule has 22 heavy (non-hydrogen) atoms. The van der Waals surface area contributed by atoms with Crippen molar-refractivity contribution in [1.29, 1.82) is 0 Å². The highest BCUT2D eigenvalue weighted by atomic mass is 32.1. The monoisotopic (exact) mass is 309 g/mol. The molecule has 4 aromatic rings. The maximum Gasteiger partial charge on any atom is 0.268 e. The fourth-order valence-corrected chi connectivity index (χ4v) is 3.03. The molecule has 0 aliphatic rings. The molecule has 0 saturated heterocycles. The second kappa shape index (κ2) is 4.92. The van der Waals surface area contributed by atoms with Gasteiger partial charge >= 0.3 is 0 Å². The highest BCUT2D eigenvalue weighted by Gasteiger charge is 2.15. The maximum atomic E-state index is 12.3. The number of benzene rings is 1. The van der Waals surface area contributed by atoms with Crippen LogP contribution in [0.2, 0.25) is 0 Å². The highest BCUT2D eigenvalue weighted by molar-refractivity contribution is 7.13. The van der Waals surface area contributed by atoms with E-state index in [-0.39, 0.29) is 5.56 Å². The molecule has 0 aliphatic heterocycles. The molecule has 0 radical (unpaired) electrons.